The number of piperazine rings is 1. The highest BCUT2D eigenvalue weighted by molar-refractivity contribution is 6.03. The Hall–Kier alpha value is -4.84. The molecule has 53 heavy (non-hydrogen) atoms. The molecule has 2 unspecified atom stereocenters. The summed E-state index contributed by atoms with van der Waals surface area (Å²) in [5.41, 5.74) is -0.611. The highest BCUT2D eigenvalue weighted by Crippen LogP contribution is 2.41. The van der Waals surface area contributed by atoms with Crippen LogP contribution in [-0.4, -0.2) is 113 Å². The third kappa shape index (κ3) is 7.01. The number of benzene rings is 2. The number of aliphatic hydroxyl groups is 1. The van der Waals surface area contributed by atoms with E-state index in [4.69, 9.17) is 30.4 Å². The molecule has 7 rings (SSSR count). The first-order valence-corrected chi connectivity index (χ1v) is 17.8. The lowest BCUT2D eigenvalue weighted by molar-refractivity contribution is 0.0122. The number of aromatic nitrogens is 3. The predicted molar refractivity (Wildman–Crippen MR) is 195 cm³/mol. The Bertz CT molecular complexity index is 2070. The number of likely N-dealkylation sites (N-methyl/N-ethyl adjacent to an activating group) is 1. The van der Waals surface area contributed by atoms with E-state index in [9.17, 15) is 9.90 Å². The fourth-order valence-corrected chi connectivity index (χ4v) is 7.84. The van der Waals surface area contributed by atoms with Gasteiger partial charge in [-0.05, 0) is 77.1 Å². The molecule has 4 atom stereocenters. The van der Waals surface area contributed by atoms with Gasteiger partial charge >= 0.3 is 12.1 Å². The number of likely N-dealkylation sites (tertiary alicyclic amines) is 1. The smallest absolute Gasteiger partial charge is 0.410 e. The number of hydrogen-bond donors (Lipinski definition) is 1. The van der Waals surface area contributed by atoms with E-state index in [1.807, 2.05) is 37.6 Å². The summed E-state index contributed by atoms with van der Waals surface area (Å²) in [5, 5.41) is 11.0. The first-order chi connectivity index (χ1) is 25.4. The first kappa shape index (κ1) is 36.5. The Morgan fingerprint density at radius 2 is 1.79 bits per heavy atom. The fourth-order valence-electron chi connectivity index (χ4n) is 7.84. The zero-order valence-corrected chi connectivity index (χ0v) is 30.6. The van der Waals surface area contributed by atoms with Crippen LogP contribution in [0.1, 0.15) is 52.0 Å². The number of rotatable bonds is 9. The van der Waals surface area contributed by atoms with E-state index in [0.29, 0.717) is 40.8 Å². The minimum absolute atomic E-state index is 0.000697. The molecule has 3 saturated heterocycles. The van der Waals surface area contributed by atoms with Crippen molar-refractivity contribution in [2.45, 2.75) is 76.2 Å². The number of methoxy groups -OCH3 is 1. The molecule has 1 amide bonds. The maximum Gasteiger partial charge on any atom is 0.410 e. The number of pyridine rings is 1. The number of anilines is 1. The van der Waals surface area contributed by atoms with Crippen molar-refractivity contribution in [3.8, 4) is 35.4 Å². The molecule has 14 heteroatoms. The van der Waals surface area contributed by atoms with Gasteiger partial charge in [0.05, 0.1) is 29.6 Å². The van der Waals surface area contributed by atoms with E-state index in [2.05, 4.69) is 20.8 Å². The second kappa shape index (κ2) is 14.5. The number of nitrogens with zero attached hydrogens (tertiary/aromatic N) is 6. The summed E-state index contributed by atoms with van der Waals surface area (Å²) in [5.74, 6) is 1.79. The Kier molecular flexibility index (Phi) is 10.0. The van der Waals surface area contributed by atoms with Crippen LogP contribution in [0.15, 0.2) is 30.5 Å². The van der Waals surface area contributed by atoms with E-state index >= 15 is 8.78 Å². The van der Waals surface area contributed by atoms with Gasteiger partial charge in [-0.15, -0.1) is 6.42 Å². The van der Waals surface area contributed by atoms with Crippen molar-refractivity contribution in [2.75, 3.05) is 52.2 Å². The quantitative estimate of drug-likeness (QED) is 0.173. The van der Waals surface area contributed by atoms with Crippen LogP contribution in [0.2, 0.25) is 0 Å². The molecule has 0 saturated carbocycles. The van der Waals surface area contributed by atoms with Crippen molar-refractivity contribution >= 4 is 33.6 Å². The van der Waals surface area contributed by atoms with Crippen LogP contribution in [0, 0.1) is 24.0 Å². The van der Waals surface area contributed by atoms with Crippen molar-refractivity contribution in [3.05, 3.63) is 47.7 Å². The fraction of sp³-hybridized carbons (Fsp3) is 0.487. The lowest BCUT2D eigenvalue weighted by atomic mass is 9.95. The summed E-state index contributed by atoms with van der Waals surface area (Å²) in [6.07, 6.45) is 10.1. The van der Waals surface area contributed by atoms with Crippen LogP contribution in [-0.2, 0) is 9.47 Å². The average Bonchev–Trinajstić information content (AvgIpc) is 3.62. The Balaban J connectivity index is 1.33. The Morgan fingerprint density at radius 3 is 2.45 bits per heavy atom. The SMILES string of the molecule is C#Cc1c(F)ccc2cc(OCOC)cc(-c3ncc4c(N5CC6CCC(C5)N6C(=O)OC(C)(C)C)nc(OC[C@@H]5CC[C@@H](CO)N5C)nc4c3F)c12. The van der Waals surface area contributed by atoms with Gasteiger partial charge in [-0.1, -0.05) is 12.0 Å². The summed E-state index contributed by atoms with van der Waals surface area (Å²) in [4.78, 5) is 33.2. The highest BCUT2D eigenvalue weighted by Gasteiger charge is 2.45. The maximum absolute atomic E-state index is 17.2. The zero-order valence-electron chi connectivity index (χ0n) is 30.6. The molecule has 3 fully saturated rings. The Labute approximate surface area is 307 Å². The van der Waals surface area contributed by atoms with Gasteiger partial charge in [0, 0.05) is 49.4 Å². The molecule has 280 valence electrons. The van der Waals surface area contributed by atoms with E-state index in [0.717, 1.165) is 25.7 Å². The second-order valence-corrected chi connectivity index (χ2v) is 14.9. The van der Waals surface area contributed by atoms with Crippen LogP contribution in [0.5, 0.6) is 11.8 Å². The molecule has 2 aromatic heterocycles. The maximum atomic E-state index is 17.2. The van der Waals surface area contributed by atoms with E-state index < -0.39 is 17.2 Å². The van der Waals surface area contributed by atoms with Crippen LogP contribution in [0.25, 0.3) is 32.9 Å². The normalized spacial score (nSPS) is 21.7. The molecular weight excluding hydrogens is 686 g/mol. The molecule has 0 aliphatic carbocycles. The van der Waals surface area contributed by atoms with Gasteiger partial charge in [0.2, 0.25) is 0 Å². The van der Waals surface area contributed by atoms with Crippen molar-refractivity contribution in [1.82, 2.24) is 24.8 Å². The lowest BCUT2D eigenvalue weighted by Gasteiger charge is -2.42. The van der Waals surface area contributed by atoms with Gasteiger partial charge in [-0.25, -0.2) is 13.6 Å². The summed E-state index contributed by atoms with van der Waals surface area (Å²) in [6, 6.07) is 5.75. The van der Waals surface area contributed by atoms with E-state index in [1.54, 1.807) is 18.2 Å². The molecular formula is C39H44F2N6O6. The number of carbonyl (C=O) groups is 1. The van der Waals surface area contributed by atoms with Crippen LogP contribution >= 0.6 is 0 Å². The van der Waals surface area contributed by atoms with E-state index in [-0.39, 0.29) is 78.6 Å². The van der Waals surface area contributed by atoms with Crippen molar-refractivity contribution in [2.24, 2.45) is 0 Å². The third-order valence-corrected chi connectivity index (χ3v) is 10.4. The number of halogens is 2. The molecule has 3 aliphatic heterocycles. The molecule has 0 spiro atoms. The molecule has 2 bridgehead atoms. The van der Waals surface area contributed by atoms with Gasteiger partial charge in [-0.3, -0.25) is 14.8 Å². The summed E-state index contributed by atoms with van der Waals surface area (Å²) < 4.78 is 55.0. The van der Waals surface area contributed by atoms with Crippen LogP contribution < -0.4 is 14.4 Å². The standard InChI is InChI=1S/C39H44F2N6O6/c1-7-28-31(40)13-8-22-14-27(52-21-50-6)15-29(32(22)28)34-33(41)35-30(16-42-34)36(44-37(43-35)51-20-26-12-11-25(19-48)45(26)5)46-17-23-9-10-24(18-46)47(23)38(49)53-39(2,3)4/h1,8,13-16,23-26,48H,9-12,17-21H2,2-6H3/t23?,24?,25-,26-/m0/s1. The van der Waals surface area contributed by atoms with E-state index in [1.165, 1.54) is 19.4 Å². The van der Waals surface area contributed by atoms with Crippen molar-refractivity contribution < 1.29 is 37.6 Å². The molecule has 4 aromatic rings. The van der Waals surface area contributed by atoms with Crippen molar-refractivity contribution in [1.29, 1.82) is 0 Å². The number of ether oxygens (including phenoxy) is 4. The minimum atomic E-state index is -0.776. The number of terminal acetylenes is 1. The average molecular weight is 731 g/mol. The number of fused-ring (bicyclic) bond motifs is 4. The third-order valence-electron chi connectivity index (χ3n) is 10.4. The second-order valence-electron chi connectivity index (χ2n) is 14.9. The number of hydrogen-bond acceptors (Lipinski definition) is 11. The first-order valence-electron chi connectivity index (χ1n) is 17.8. The lowest BCUT2D eigenvalue weighted by Crippen LogP contribution is -2.57. The molecule has 1 N–H and O–H groups in total. The summed E-state index contributed by atoms with van der Waals surface area (Å²) in [6.45, 7) is 6.59. The zero-order chi connectivity index (χ0) is 37.6. The van der Waals surface area contributed by atoms with Crippen molar-refractivity contribution in [3.63, 3.8) is 0 Å². The highest BCUT2D eigenvalue weighted by atomic mass is 19.1. The molecule has 0 radical (unpaired) electrons. The van der Waals surface area contributed by atoms with Gasteiger partial charge in [0.1, 0.15) is 40.8 Å². The van der Waals surface area contributed by atoms with Gasteiger partial charge < -0.3 is 29.0 Å². The Morgan fingerprint density at radius 1 is 1.06 bits per heavy atom. The van der Waals surface area contributed by atoms with Gasteiger partial charge in [-0.2, -0.15) is 9.97 Å². The number of amides is 1. The number of carbonyl (C=O) groups excluding carboxylic acids is 1. The number of aliphatic hydroxyl groups excluding tert-OH is 1. The largest absolute Gasteiger partial charge is 0.468 e. The minimum Gasteiger partial charge on any atom is -0.468 e. The molecule has 5 heterocycles. The topological polar surface area (TPSA) is 123 Å². The van der Waals surface area contributed by atoms with Gasteiger partial charge in [0.15, 0.2) is 12.6 Å². The molecule has 12 nitrogen and oxygen atoms in total. The summed E-state index contributed by atoms with van der Waals surface area (Å²) in [7, 11) is 3.42. The predicted octanol–water partition coefficient (Wildman–Crippen LogP) is 5.51. The van der Waals surface area contributed by atoms with Crippen LogP contribution in [0.3, 0.4) is 0 Å². The molecule has 2 aromatic carbocycles. The molecule has 3 aliphatic rings. The summed E-state index contributed by atoms with van der Waals surface area (Å²) >= 11 is 0. The van der Waals surface area contributed by atoms with Gasteiger partial charge in [0.25, 0.3) is 0 Å². The monoisotopic (exact) mass is 730 g/mol. The van der Waals surface area contributed by atoms with Crippen LogP contribution in [0.4, 0.5) is 19.4 Å².